The average molecular weight is 422 g/mol. The van der Waals surface area contributed by atoms with Crippen LogP contribution in [0.1, 0.15) is 59.0 Å². The number of fused-ring (bicyclic) bond motifs is 3. The van der Waals surface area contributed by atoms with E-state index >= 15 is 0 Å². The van der Waals surface area contributed by atoms with Crippen LogP contribution in [0, 0.1) is 5.92 Å². The predicted molar refractivity (Wildman–Crippen MR) is 113 cm³/mol. The Balaban J connectivity index is 1.59. The van der Waals surface area contributed by atoms with E-state index in [9.17, 15) is 14.4 Å². The van der Waals surface area contributed by atoms with Crippen molar-refractivity contribution in [3.8, 4) is 5.75 Å². The Morgan fingerprint density at radius 1 is 1.10 bits per heavy atom. The molecule has 3 aliphatic heterocycles. The van der Waals surface area contributed by atoms with Crippen molar-refractivity contribution in [2.75, 3.05) is 6.61 Å². The zero-order chi connectivity index (χ0) is 21.5. The summed E-state index contributed by atoms with van der Waals surface area (Å²) in [6.07, 6.45) is 5.76. The van der Waals surface area contributed by atoms with E-state index in [-0.39, 0.29) is 48.2 Å². The van der Waals surface area contributed by atoms with E-state index in [2.05, 4.69) is 0 Å². The van der Waals surface area contributed by atoms with E-state index in [1.807, 2.05) is 35.2 Å². The van der Waals surface area contributed by atoms with Gasteiger partial charge in [-0.3, -0.25) is 9.59 Å². The molecule has 1 aromatic heterocycles. The molecule has 0 radical (unpaired) electrons. The number of hydrogen-bond acceptors (Lipinski definition) is 5. The lowest BCUT2D eigenvalue weighted by molar-refractivity contribution is -0.0183. The van der Waals surface area contributed by atoms with Gasteiger partial charge >= 0.3 is 5.97 Å². The fourth-order valence-corrected chi connectivity index (χ4v) is 5.36. The number of rotatable bonds is 5. The van der Waals surface area contributed by atoms with Gasteiger partial charge < -0.3 is 18.9 Å². The SMILES string of the molecule is CCOC(=O)c1cn2c(c(OCc3ccccc3)c1=O)C(=O)N1[C@H]3CC[C@H](CC3)[C@@H]1C2. The summed E-state index contributed by atoms with van der Waals surface area (Å²) in [5.41, 5.74) is 0.448. The van der Waals surface area contributed by atoms with Gasteiger partial charge in [0.1, 0.15) is 12.2 Å². The molecule has 6 rings (SSSR count). The number of aromatic nitrogens is 1. The number of piperidine rings is 2. The Bertz CT molecular complexity index is 1070. The number of hydrogen-bond donors (Lipinski definition) is 0. The van der Waals surface area contributed by atoms with Crippen LogP contribution in [0.25, 0.3) is 0 Å². The molecule has 1 amide bonds. The summed E-state index contributed by atoms with van der Waals surface area (Å²) in [6.45, 7) is 2.56. The van der Waals surface area contributed by atoms with Gasteiger partial charge in [-0.25, -0.2) is 4.79 Å². The smallest absolute Gasteiger partial charge is 0.343 e. The minimum absolute atomic E-state index is 0.0562. The molecule has 0 spiro atoms. The summed E-state index contributed by atoms with van der Waals surface area (Å²) >= 11 is 0. The average Bonchev–Trinajstić information content (AvgIpc) is 2.80. The van der Waals surface area contributed by atoms with Gasteiger partial charge in [-0.15, -0.1) is 0 Å². The number of esters is 1. The summed E-state index contributed by atoms with van der Waals surface area (Å²) in [7, 11) is 0. The van der Waals surface area contributed by atoms with Crippen LogP contribution in [0.3, 0.4) is 0 Å². The first kappa shape index (κ1) is 19.8. The molecule has 1 atom stereocenters. The van der Waals surface area contributed by atoms with Gasteiger partial charge in [0.25, 0.3) is 5.91 Å². The molecule has 1 saturated carbocycles. The monoisotopic (exact) mass is 422 g/mol. The van der Waals surface area contributed by atoms with Gasteiger partial charge in [0.15, 0.2) is 11.4 Å². The lowest BCUT2D eigenvalue weighted by atomic mass is 9.73. The van der Waals surface area contributed by atoms with E-state index in [0.717, 1.165) is 31.2 Å². The van der Waals surface area contributed by atoms with Crippen LogP contribution < -0.4 is 10.2 Å². The number of amides is 1. The standard InChI is InChI=1S/C24H26N2O5/c1-2-30-24(29)18-12-25-13-19-16-8-10-17(11-9-16)26(19)23(28)20(25)22(21(18)27)31-14-15-6-4-3-5-7-15/h3-7,12,16-17,19H,2,8-11,13-14H2,1H3/t16-,17+,19-/m0/s1. The van der Waals surface area contributed by atoms with Crippen LogP contribution in [0.5, 0.6) is 5.75 Å². The van der Waals surface area contributed by atoms with Gasteiger partial charge in [-0.05, 0) is 44.1 Å². The fraction of sp³-hybridized carbons (Fsp3) is 0.458. The van der Waals surface area contributed by atoms with Crippen LogP contribution in [0.2, 0.25) is 0 Å². The van der Waals surface area contributed by atoms with Gasteiger partial charge in [-0.1, -0.05) is 30.3 Å². The van der Waals surface area contributed by atoms with Crippen molar-refractivity contribution in [3.63, 3.8) is 0 Å². The van der Waals surface area contributed by atoms with Gasteiger partial charge in [0.05, 0.1) is 12.6 Å². The zero-order valence-electron chi connectivity index (χ0n) is 17.6. The minimum Gasteiger partial charge on any atom is -0.483 e. The summed E-state index contributed by atoms with van der Waals surface area (Å²) < 4.78 is 12.8. The number of nitrogens with zero attached hydrogens (tertiary/aromatic N) is 2. The van der Waals surface area contributed by atoms with E-state index in [0.29, 0.717) is 12.5 Å². The van der Waals surface area contributed by atoms with Crippen molar-refractivity contribution in [2.45, 2.75) is 57.8 Å². The number of carbonyl (C=O) groups is 2. The topological polar surface area (TPSA) is 77.8 Å². The van der Waals surface area contributed by atoms with E-state index in [1.165, 1.54) is 6.20 Å². The third-order valence-electron chi connectivity index (χ3n) is 6.82. The molecule has 4 aliphatic rings. The molecule has 162 valence electrons. The number of benzene rings is 1. The third-order valence-corrected chi connectivity index (χ3v) is 6.82. The Kier molecular flexibility index (Phi) is 5.04. The molecule has 1 aliphatic carbocycles. The molecule has 0 unspecified atom stereocenters. The normalized spacial score (nSPS) is 23.8. The van der Waals surface area contributed by atoms with Crippen molar-refractivity contribution < 1.29 is 19.1 Å². The summed E-state index contributed by atoms with van der Waals surface area (Å²) in [6, 6.07) is 9.77. The van der Waals surface area contributed by atoms with Crippen molar-refractivity contribution >= 4 is 11.9 Å². The Morgan fingerprint density at radius 3 is 2.55 bits per heavy atom. The third kappa shape index (κ3) is 3.32. The zero-order valence-corrected chi connectivity index (χ0v) is 17.6. The van der Waals surface area contributed by atoms with Crippen LogP contribution in [-0.2, 0) is 17.9 Å². The number of carbonyl (C=O) groups excluding carboxylic acids is 2. The summed E-state index contributed by atoms with van der Waals surface area (Å²) in [5.74, 6) is -0.450. The summed E-state index contributed by atoms with van der Waals surface area (Å²) in [4.78, 5) is 41.3. The molecule has 7 nitrogen and oxygen atoms in total. The number of pyridine rings is 1. The van der Waals surface area contributed by atoms with E-state index in [1.54, 1.807) is 11.5 Å². The molecular weight excluding hydrogens is 396 g/mol. The first-order chi connectivity index (χ1) is 15.1. The molecular formula is C24H26N2O5. The van der Waals surface area contributed by atoms with Crippen LogP contribution in [0.15, 0.2) is 41.3 Å². The first-order valence-corrected chi connectivity index (χ1v) is 11.0. The molecule has 7 heteroatoms. The highest BCUT2D eigenvalue weighted by Gasteiger charge is 2.48. The minimum atomic E-state index is -0.688. The molecule has 3 fully saturated rings. The molecule has 0 N–H and O–H groups in total. The number of ether oxygens (including phenoxy) is 2. The Hall–Kier alpha value is -3.09. The van der Waals surface area contributed by atoms with Crippen molar-refractivity contribution in [1.29, 1.82) is 0 Å². The van der Waals surface area contributed by atoms with E-state index < -0.39 is 11.4 Å². The molecule has 2 saturated heterocycles. The maximum absolute atomic E-state index is 13.6. The van der Waals surface area contributed by atoms with Crippen molar-refractivity contribution in [3.05, 3.63) is 63.6 Å². The highest BCUT2D eigenvalue weighted by molar-refractivity contribution is 5.98. The Labute approximate surface area is 180 Å². The second kappa shape index (κ2) is 7.87. The molecule has 2 aromatic rings. The fourth-order valence-electron chi connectivity index (χ4n) is 5.36. The largest absolute Gasteiger partial charge is 0.483 e. The van der Waals surface area contributed by atoms with Gasteiger partial charge in [0.2, 0.25) is 5.43 Å². The second-order valence-corrected chi connectivity index (χ2v) is 8.55. The van der Waals surface area contributed by atoms with Crippen LogP contribution >= 0.6 is 0 Å². The van der Waals surface area contributed by atoms with Gasteiger partial charge in [0, 0.05) is 18.8 Å². The van der Waals surface area contributed by atoms with Crippen LogP contribution in [-0.4, -0.2) is 40.0 Å². The van der Waals surface area contributed by atoms with Crippen molar-refractivity contribution in [1.82, 2.24) is 9.47 Å². The maximum atomic E-state index is 13.6. The van der Waals surface area contributed by atoms with Crippen molar-refractivity contribution in [2.24, 2.45) is 5.92 Å². The highest BCUT2D eigenvalue weighted by atomic mass is 16.5. The van der Waals surface area contributed by atoms with E-state index in [4.69, 9.17) is 9.47 Å². The molecule has 2 bridgehead atoms. The highest BCUT2D eigenvalue weighted by Crippen LogP contribution is 2.43. The van der Waals surface area contributed by atoms with Crippen LogP contribution in [0.4, 0.5) is 0 Å². The molecule has 31 heavy (non-hydrogen) atoms. The second-order valence-electron chi connectivity index (χ2n) is 8.55. The first-order valence-electron chi connectivity index (χ1n) is 11.0. The lowest BCUT2D eigenvalue weighted by Gasteiger charge is -2.53. The van der Waals surface area contributed by atoms with Gasteiger partial charge in [-0.2, -0.15) is 0 Å². The maximum Gasteiger partial charge on any atom is 0.343 e. The quantitative estimate of drug-likeness (QED) is 0.693. The molecule has 1 aromatic carbocycles. The predicted octanol–water partition coefficient (Wildman–Crippen LogP) is 3.00. The molecule has 4 heterocycles. The summed E-state index contributed by atoms with van der Waals surface area (Å²) in [5, 5.41) is 0. The Morgan fingerprint density at radius 2 is 1.84 bits per heavy atom. The lowest BCUT2D eigenvalue weighted by Crippen LogP contribution is -2.62.